The number of aryl methyl sites for hydroxylation is 2. The standard InChI is InChI=1S/C24H23N7/c1-30-14-19(12-26-30)15-3-7-17(8-4-15)24-27-22(31(2)29-24)11-18-9-10-21-20(13-25-28-21)23(18)16-5-6-16/h3-4,7-10,12-14,16H,5-6,11H2,1-2H3,(H,25,28). The van der Waals surface area contributed by atoms with Crippen molar-refractivity contribution in [3.05, 3.63) is 71.9 Å². The van der Waals surface area contributed by atoms with Gasteiger partial charge in [-0.15, -0.1) is 0 Å². The van der Waals surface area contributed by atoms with Crippen LogP contribution in [0.15, 0.2) is 55.0 Å². The zero-order valence-electron chi connectivity index (χ0n) is 17.6. The second-order valence-corrected chi connectivity index (χ2v) is 8.38. The van der Waals surface area contributed by atoms with E-state index in [0.29, 0.717) is 5.92 Å². The van der Waals surface area contributed by atoms with Crippen LogP contribution in [0, 0.1) is 0 Å². The first-order chi connectivity index (χ1) is 15.2. The Morgan fingerprint density at radius 2 is 1.77 bits per heavy atom. The second kappa shape index (κ2) is 6.91. The highest BCUT2D eigenvalue weighted by atomic mass is 15.3. The molecule has 0 bridgehead atoms. The van der Waals surface area contributed by atoms with Crippen LogP contribution < -0.4 is 0 Å². The van der Waals surface area contributed by atoms with E-state index in [1.165, 1.54) is 29.4 Å². The summed E-state index contributed by atoms with van der Waals surface area (Å²) in [6.45, 7) is 0. The summed E-state index contributed by atoms with van der Waals surface area (Å²) in [7, 11) is 3.90. The minimum Gasteiger partial charge on any atom is -0.278 e. The van der Waals surface area contributed by atoms with Crippen LogP contribution in [0.3, 0.4) is 0 Å². The van der Waals surface area contributed by atoms with Crippen LogP contribution in [0.4, 0.5) is 0 Å². The summed E-state index contributed by atoms with van der Waals surface area (Å²) in [5.41, 5.74) is 7.11. The first-order valence-corrected chi connectivity index (χ1v) is 10.6. The molecule has 3 heterocycles. The minimum absolute atomic E-state index is 0.643. The summed E-state index contributed by atoms with van der Waals surface area (Å²) in [5, 5.41) is 17.5. The van der Waals surface area contributed by atoms with Gasteiger partial charge in [0.15, 0.2) is 5.82 Å². The number of aromatic nitrogens is 7. The molecule has 5 aromatic rings. The van der Waals surface area contributed by atoms with Gasteiger partial charge in [-0.25, -0.2) is 4.98 Å². The van der Waals surface area contributed by atoms with E-state index in [9.17, 15) is 0 Å². The maximum Gasteiger partial charge on any atom is 0.181 e. The molecule has 0 aliphatic heterocycles. The van der Waals surface area contributed by atoms with Crippen LogP contribution in [0.1, 0.15) is 35.7 Å². The zero-order valence-corrected chi connectivity index (χ0v) is 17.6. The number of rotatable bonds is 5. The van der Waals surface area contributed by atoms with Crippen LogP contribution in [0.2, 0.25) is 0 Å². The van der Waals surface area contributed by atoms with Crippen molar-refractivity contribution in [3.8, 4) is 22.5 Å². The molecule has 2 aromatic carbocycles. The predicted octanol–water partition coefficient (Wildman–Crippen LogP) is 4.23. The minimum atomic E-state index is 0.643. The molecular formula is C24H23N7. The number of hydrogen-bond donors (Lipinski definition) is 1. The quantitative estimate of drug-likeness (QED) is 0.471. The Morgan fingerprint density at radius 3 is 2.52 bits per heavy atom. The third-order valence-electron chi connectivity index (χ3n) is 6.12. The fourth-order valence-corrected chi connectivity index (χ4v) is 4.34. The largest absolute Gasteiger partial charge is 0.278 e. The van der Waals surface area contributed by atoms with Crippen LogP contribution in [0.25, 0.3) is 33.4 Å². The van der Waals surface area contributed by atoms with Gasteiger partial charge in [-0.1, -0.05) is 30.3 Å². The molecule has 3 aromatic heterocycles. The highest BCUT2D eigenvalue weighted by molar-refractivity contribution is 5.84. The van der Waals surface area contributed by atoms with Gasteiger partial charge in [0.05, 0.1) is 17.9 Å². The average molecular weight is 409 g/mol. The van der Waals surface area contributed by atoms with E-state index in [1.807, 2.05) is 42.0 Å². The van der Waals surface area contributed by atoms with Gasteiger partial charge in [-0.3, -0.25) is 14.5 Å². The molecule has 0 spiro atoms. The topological polar surface area (TPSA) is 77.2 Å². The molecule has 7 nitrogen and oxygen atoms in total. The van der Waals surface area contributed by atoms with Gasteiger partial charge in [0.2, 0.25) is 0 Å². The van der Waals surface area contributed by atoms with Gasteiger partial charge in [-0.05, 0) is 41.5 Å². The van der Waals surface area contributed by atoms with Crippen molar-refractivity contribution in [3.63, 3.8) is 0 Å². The van der Waals surface area contributed by atoms with E-state index in [2.05, 4.69) is 51.7 Å². The Morgan fingerprint density at radius 1 is 0.968 bits per heavy atom. The lowest BCUT2D eigenvalue weighted by Gasteiger charge is -2.09. The summed E-state index contributed by atoms with van der Waals surface area (Å²) >= 11 is 0. The number of fused-ring (bicyclic) bond motifs is 1. The number of nitrogens with zero attached hydrogens (tertiary/aromatic N) is 6. The normalized spacial score (nSPS) is 13.9. The molecule has 7 heteroatoms. The lowest BCUT2D eigenvalue weighted by atomic mass is 9.96. The second-order valence-electron chi connectivity index (χ2n) is 8.38. The Kier molecular flexibility index (Phi) is 4.02. The highest BCUT2D eigenvalue weighted by Gasteiger charge is 2.29. The van der Waals surface area contributed by atoms with Crippen molar-refractivity contribution in [1.82, 2.24) is 34.7 Å². The number of nitrogens with one attached hydrogen (secondary N) is 1. The summed E-state index contributed by atoms with van der Waals surface area (Å²) in [6.07, 6.45) is 9.12. The third kappa shape index (κ3) is 3.22. The summed E-state index contributed by atoms with van der Waals surface area (Å²) in [6, 6.07) is 12.7. The van der Waals surface area contributed by atoms with Crippen molar-refractivity contribution in [2.75, 3.05) is 0 Å². The molecule has 31 heavy (non-hydrogen) atoms. The molecule has 0 saturated heterocycles. The van der Waals surface area contributed by atoms with E-state index >= 15 is 0 Å². The number of hydrogen-bond acceptors (Lipinski definition) is 4. The molecule has 0 atom stereocenters. The molecule has 1 fully saturated rings. The Balaban J connectivity index is 1.31. The van der Waals surface area contributed by atoms with Crippen molar-refractivity contribution in [2.45, 2.75) is 25.2 Å². The summed E-state index contributed by atoms with van der Waals surface area (Å²) < 4.78 is 3.72. The van der Waals surface area contributed by atoms with Gasteiger partial charge >= 0.3 is 0 Å². The van der Waals surface area contributed by atoms with Crippen molar-refractivity contribution in [2.24, 2.45) is 14.1 Å². The number of H-pyrrole nitrogens is 1. The van der Waals surface area contributed by atoms with Crippen molar-refractivity contribution >= 4 is 10.9 Å². The fraction of sp³-hybridized carbons (Fsp3) is 0.250. The SMILES string of the molecule is Cn1cc(-c2ccc(-c3nc(Cc4ccc5[nH]ncc5c4C4CC4)n(C)n3)cc2)cn1. The monoisotopic (exact) mass is 409 g/mol. The maximum absolute atomic E-state index is 4.88. The lowest BCUT2D eigenvalue weighted by Crippen LogP contribution is -2.03. The van der Waals surface area contributed by atoms with E-state index in [4.69, 9.17) is 10.1 Å². The molecule has 0 amide bonds. The highest BCUT2D eigenvalue weighted by Crippen LogP contribution is 2.45. The Labute approximate surface area is 179 Å². The molecule has 154 valence electrons. The molecule has 0 unspecified atom stereocenters. The molecule has 1 saturated carbocycles. The molecule has 1 aliphatic rings. The predicted molar refractivity (Wildman–Crippen MR) is 120 cm³/mol. The van der Waals surface area contributed by atoms with E-state index < -0.39 is 0 Å². The smallest absolute Gasteiger partial charge is 0.181 e. The molecule has 1 aliphatic carbocycles. The number of aromatic amines is 1. The van der Waals surface area contributed by atoms with E-state index in [-0.39, 0.29) is 0 Å². The van der Waals surface area contributed by atoms with Crippen LogP contribution >= 0.6 is 0 Å². The summed E-state index contributed by atoms with van der Waals surface area (Å²) in [5.74, 6) is 2.37. The summed E-state index contributed by atoms with van der Waals surface area (Å²) in [4.78, 5) is 4.88. The first kappa shape index (κ1) is 18.1. The van der Waals surface area contributed by atoms with Crippen molar-refractivity contribution in [1.29, 1.82) is 0 Å². The van der Waals surface area contributed by atoms with Crippen LogP contribution in [0.5, 0.6) is 0 Å². The fourth-order valence-electron chi connectivity index (χ4n) is 4.34. The van der Waals surface area contributed by atoms with Gasteiger partial charge in [0.25, 0.3) is 0 Å². The Bertz CT molecular complexity index is 1380. The van der Waals surface area contributed by atoms with Crippen molar-refractivity contribution < 1.29 is 0 Å². The average Bonchev–Trinajstić information content (AvgIpc) is 3.15. The molecular weight excluding hydrogens is 386 g/mol. The van der Waals surface area contributed by atoms with Gasteiger partial charge < -0.3 is 0 Å². The van der Waals surface area contributed by atoms with E-state index in [0.717, 1.165) is 40.3 Å². The zero-order chi connectivity index (χ0) is 20.9. The third-order valence-corrected chi connectivity index (χ3v) is 6.12. The van der Waals surface area contributed by atoms with Gasteiger partial charge in [0.1, 0.15) is 5.82 Å². The maximum atomic E-state index is 4.88. The van der Waals surface area contributed by atoms with E-state index in [1.54, 1.807) is 0 Å². The molecule has 1 N–H and O–H groups in total. The number of benzene rings is 2. The van der Waals surface area contributed by atoms with Gasteiger partial charge in [0, 0.05) is 43.2 Å². The van der Waals surface area contributed by atoms with Gasteiger partial charge in [-0.2, -0.15) is 15.3 Å². The Hall–Kier alpha value is -3.74. The van der Waals surface area contributed by atoms with Crippen LogP contribution in [-0.2, 0) is 20.5 Å². The first-order valence-electron chi connectivity index (χ1n) is 10.6. The molecule has 0 radical (unpaired) electrons. The molecule has 6 rings (SSSR count). The van der Waals surface area contributed by atoms with Crippen LogP contribution in [-0.4, -0.2) is 34.7 Å². The lowest BCUT2D eigenvalue weighted by molar-refractivity contribution is 0.716.